The molecule has 0 heterocycles. The maximum atomic E-state index is 12.1. The molecule has 0 radical (unpaired) electrons. The van der Waals surface area contributed by atoms with Gasteiger partial charge in [0, 0.05) is 5.56 Å². The Labute approximate surface area is 123 Å². The summed E-state index contributed by atoms with van der Waals surface area (Å²) in [5.41, 5.74) is 8.85. The summed E-state index contributed by atoms with van der Waals surface area (Å²) < 4.78 is 0. The number of halogens is 1. The van der Waals surface area contributed by atoms with Crippen LogP contribution in [0, 0.1) is 6.92 Å². The summed E-state index contributed by atoms with van der Waals surface area (Å²) in [5, 5.41) is 3.33. The third kappa shape index (κ3) is 3.31. The van der Waals surface area contributed by atoms with Gasteiger partial charge in [-0.15, -0.1) is 0 Å². The molecule has 0 aliphatic heterocycles. The lowest BCUT2D eigenvalue weighted by molar-refractivity contribution is 0.0940. The zero-order valence-corrected chi connectivity index (χ0v) is 12.2. The highest BCUT2D eigenvalue weighted by Crippen LogP contribution is 2.20. The molecule has 0 spiro atoms. The fourth-order valence-electron chi connectivity index (χ4n) is 1.89. The van der Waals surface area contributed by atoms with Crippen LogP contribution in [0.4, 0.5) is 5.69 Å². The Bertz CT molecular complexity index is 623. The van der Waals surface area contributed by atoms with E-state index in [0.717, 1.165) is 5.56 Å². The summed E-state index contributed by atoms with van der Waals surface area (Å²) in [6.45, 7) is 3.98. The van der Waals surface area contributed by atoms with E-state index in [1.54, 1.807) is 18.2 Å². The van der Waals surface area contributed by atoms with Crippen molar-refractivity contribution < 1.29 is 4.79 Å². The third-order valence-electron chi connectivity index (χ3n) is 3.19. The van der Waals surface area contributed by atoms with Crippen molar-refractivity contribution in [2.24, 2.45) is 0 Å². The molecule has 2 aromatic carbocycles. The van der Waals surface area contributed by atoms with Crippen LogP contribution in [-0.4, -0.2) is 5.91 Å². The van der Waals surface area contributed by atoms with Crippen LogP contribution >= 0.6 is 11.6 Å². The molecule has 0 aliphatic rings. The highest BCUT2D eigenvalue weighted by Gasteiger charge is 2.12. The van der Waals surface area contributed by atoms with Gasteiger partial charge in [-0.3, -0.25) is 4.79 Å². The van der Waals surface area contributed by atoms with Crippen LogP contribution < -0.4 is 11.1 Å². The molecule has 20 heavy (non-hydrogen) atoms. The van der Waals surface area contributed by atoms with Crippen LogP contribution in [0.2, 0.25) is 5.02 Å². The van der Waals surface area contributed by atoms with E-state index in [0.29, 0.717) is 16.3 Å². The summed E-state index contributed by atoms with van der Waals surface area (Å²) >= 11 is 5.92. The number of carbonyl (C=O) groups excluding carboxylic acids is 1. The van der Waals surface area contributed by atoms with E-state index in [1.165, 1.54) is 5.56 Å². The van der Waals surface area contributed by atoms with Crippen LogP contribution in [0.1, 0.15) is 34.5 Å². The van der Waals surface area contributed by atoms with Gasteiger partial charge < -0.3 is 11.1 Å². The molecule has 0 saturated carbocycles. The Morgan fingerprint density at radius 3 is 2.45 bits per heavy atom. The first-order valence-electron chi connectivity index (χ1n) is 6.40. The van der Waals surface area contributed by atoms with Crippen molar-refractivity contribution >= 4 is 23.2 Å². The molecule has 3 nitrogen and oxygen atoms in total. The van der Waals surface area contributed by atoms with E-state index in [1.807, 2.05) is 38.1 Å². The predicted octanol–water partition coefficient (Wildman–Crippen LogP) is 3.72. The van der Waals surface area contributed by atoms with Gasteiger partial charge in [0.1, 0.15) is 0 Å². The molecule has 104 valence electrons. The molecule has 2 rings (SSSR count). The molecule has 3 N–H and O–H groups in total. The minimum Gasteiger partial charge on any atom is -0.398 e. The quantitative estimate of drug-likeness (QED) is 0.846. The van der Waals surface area contributed by atoms with Crippen molar-refractivity contribution in [3.8, 4) is 0 Å². The van der Waals surface area contributed by atoms with Crippen LogP contribution in [-0.2, 0) is 0 Å². The number of nitrogen functional groups attached to an aromatic ring is 1. The van der Waals surface area contributed by atoms with Crippen LogP contribution in [0.5, 0.6) is 0 Å². The molecule has 0 fully saturated rings. The zero-order valence-electron chi connectivity index (χ0n) is 11.5. The summed E-state index contributed by atoms with van der Waals surface area (Å²) in [4.78, 5) is 12.1. The number of aryl methyl sites for hydroxylation is 1. The van der Waals surface area contributed by atoms with Crippen molar-refractivity contribution in [3.63, 3.8) is 0 Å². The first-order chi connectivity index (χ1) is 9.47. The van der Waals surface area contributed by atoms with Gasteiger partial charge in [-0.2, -0.15) is 0 Å². The lowest BCUT2D eigenvalue weighted by atomic mass is 10.1. The van der Waals surface area contributed by atoms with Crippen molar-refractivity contribution in [1.82, 2.24) is 5.32 Å². The molecular weight excluding hydrogens is 272 g/mol. The molecule has 1 unspecified atom stereocenters. The minimum atomic E-state index is -0.167. The lowest BCUT2D eigenvalue weighted by Crippen LogP contribution is -2.26. The average molecular weight is 289 g/mol. The van der Waals surface area contributed by atoms with E-state index in [9.17, 15) is 4.79 Å². The molecule has 0 aliphatic carbocycles. The summed E-state index contributed by atoms with van der Waals surface area (Å²) in [7, 11) is 0. The van der Waals surface area contributed by atoms with Crippen molar-refractivity contribution in [2.75, 3.05) is 5.73 Å². The second-order valence-electron chi connectivity index (χ2n) is 4.84. The van der Waals surface area contributed by atoms with Gasteiger partial charge in [-0.05, 0) is 37.6 Å². The predicted molar refractivity (Wildman–Crippen MR) is 82.9 cm³/mol. The molecule has 0 aromatic heterocycles. The number of nitrogens with one attached hydrogen (secondary N) is 1. The number of hydrogen-bond acceptors (Lipinski definition) is 2. The number of amides is 1. The molecule has 1 atom stereocenters. The van der Waals surface area contributed by atoms with E-state index >= 15 is 0 Å². The Morgan fingerprint density at radius 2 is 1.85 bits per heavy atom. The van der Waals surface area contributed by atoms with Gasteiger partial charge in [0.25, 0.3) is 5.91 Å². The Kier molecular flexibility index (Phi) is 4.30. The van der Waals surface area contributed by atoms with Crippen LogP contribution in [0.15, 0.2) is 42.5 Å². The van der Waals surface area contributed by atoms with Gasteiger partial charge in [-0.1, -0.05) is 41.4 Å². The SMILES string of the molecule is Cc1ccc(C(C)NC(=O)c2ccc(N)c(Cl)c2)cc1. The first kappa shape index (κ1) is 14.4. The lowest BCUT2D eigenvalue weighted by Gasteiger charge is -2.15. The first-order valence-corrected chi connectivity index (χ1v) is 6.77. The monoisotopic (exact) mass is 288 g/mol. The van der Waals surface area contributed by atoms with Gasteiger partial charge in [0.2, 0.25) is 0 Å². The Hall–Kier alpha value is -2.00. The van der Waals surface area contributed by atoms with Crippen LogP contribution in [0.3, 0.4) is 0 Å². The van der Waals surface area contributed by atoms with E-state index in [-0.39, 0.29) is 11.9 Å². The molecule has 4 heteroatoms. The highest BCUT2D eigenvalue weighted by molar-refractivity contribution is 6.33. The topological polar surface area (TPSA) is 55.1 Å². The third-order valence-corrected chi connectivity index (χ3v) is 3.51. The van der Waals surface area contributed by atoms with Crippen molar-refractivity contribution in [1.29, 1.82) is 0 Å². The molecule has 0 bridgehead atoms. The van der Waals surface area contributed by atoms with Gasteiger partial charge >= 0.3 is 0 Å². The second-order valence-corrected chi connectivity index (χ2v) is 5.25. The second kappa shape index (κ2) is 5.97. The Balaban J connectivity index is 2.10. The van der Waals surface area contributed by atoms with E-state index in [4.69, 9.17) is 17.3 Å². The van der Waals surface area contributed by atoms with E-state index < -0.39 is 0 Å². The van der Waals surface area contributed by atoms with Crippen molar-refractivity contribution in [2.45, 2.75) is 19.9 Å². The smallest absolute Gasteiger partial charge is 0.251 e. The highest BCUT2D eigenvalue weighted by atomic mass is 35.5. The fraction of sp³-hybridized carbons (Fsp3) is 0.188. The zero-order chi connectivity index (χ0) is 14.7. The molecule has 2 aromatic rings. The number of anilines is 1. The summed E-state index contributed by atoms with van der Waals surface area (Å²) in [5.74, 6) is -0.167. The van der Waals surface area contributed by atoms with E-state index in [2.05, 4.69) is 5.32 Å². The number of nitrogens with two attached hydrogens (primary N) is 1. The Morgan fingerprint density at radius 1 is 1.20 bits per heavy atom. The summed E-state index contributed by atoms with van der Waals surface area (Å²) in [6.07, 6.45) is 0. The number of rotatable bonds is 3. The maximum absolute atomic E-state index is 12.1. The summed E-state index contributed by atoms with van der Waals surface area (Å²) in [6, 6.07) is 12.9. The normalized spacial score (nSPS) is 11.9. The number of benzene rings is 2. The number of carbonyl (C=O) groups is 1. The van der Waals surface area contributed by atoms with Crippen LogP contribution in [0.25, 0.3) is 0 Å². The maximum Gasteiger partial charge on any atom is 0.251 e. The molecular formula is C16H17ClN2O. The average Bonchev–Trinajstić information content (AvgIpc) is 2.42. The largest absolute Gasteiger partial charge is 0.398 e. The van der Waals surface area contributed by atoms with Gasteiger partial charge in [0.05, 0.1) is 16.8 Å². The molecule has 0 saturated heterocycles. The molecule has 1 amide bonds. The van der Waals surface area contributed by atoms with Gasteiger partial charge in [-0.25, -0.2) is 0 Å². The standard InChI is InChI=1S/C16H17ClN2O/c1-10-3-5-12(6-4-10)11(2)19-16(20)13-7-8-15(18)14(17)9-13/h3-9,11H,18H2,1-2H3,(H,19,20). The minimum absolute atomic E-state index is 0.0700. The number of hydrogen-bond donors (Lipinski definition) is 2. The van der Waals surface area contributed by atoms with Crippen molar-refractivity contribution in [3.05, 3.63) is 64.2 Å². The fourth-order valence-corrected chi connectivity index (χ4v) is 2.07. The van der Waals surface area contributed by atoms with Gasteiger partial charge in [0.15, 0.2) is 0 Å².